The minimum atomic E-state index is 1.10. The van der Waals surface area contributed by atoms with Gasteiger partial charge in [-0.1, -0.05) is 0 Å². The quantitative estimate of drug-likeness (QED) is 0.491. The van der Waals surface area contributed by atoms with Crippen molar-refractivity contribution in [3.05, 3.63) is 34.2 Å². The van der Waals surface area contributed by atoms with Crippen molar-refractivity contribution in [1.82, 2.24) is 5.32 Å². The van der Waals surface area contributed by atoms with Gasteiger partial charge in [-0.3, -0.25) is 0 Å². The van der Waals surface area contributed by atoms with E-state index in [9.17, 15) is 0 Å². The molecule has 0 aliphatic heterocycles. The van der Waals surface area contributed by atoms with Crippen LogP contribution in [-0.4, -0.2) is 24.3 Å². The zero-order valence-electron chi connectivity index (χ0n) is 8.64. The fourth-order valence-electron chi connectivity index (χ4n) is 1.34. The van der Waals surface area contributed by atoms with Gasteiger partial charge < -0.3 is 0 Å². The fourth-order valence-corrected chi connectivity index (χ4v) is 1.34. The first-order valence-corrected chi connectivity index (χ1v) is 5.13. The molecular weight excluding hydrogens is 153 g/mol. The van der Waals surface area contributed by atoms with Crippen molar-refractivity contribution in [1.29, 1.82) is 0 Å². The normalized spacial score (nSPS) is 18.1. The molecule has 13 heavy (non-hydrogen) atoms. The van der Waals surface area contributed by atoms with E-state index in [0.29, 0.717) is 0 Å². The number of hydrogen-bond acceptors (Lipinski definition) is 1. The summed E-state index contributed by atoms with van der Waals surface area (Å²) in [5.74, 6) is 0. The van der Waals surface area contributed by atoms with Gasteiger partial charge in [0.05, 0.1) is 0 Å². The van der Waals surface area contributed by atoms with E-state index in [2.05, 4.69) is 54.4 Å². The van der Waals surface area contributed by atoms with Gasteiger partial charge in [-0.2, -0.15) is 0 Å². The molecule has 66 valence electrons. The molecule has 0 saturated carbocycles. The summed E-state index contributed by atoms with van der Waals surface area (Å²) < 4.78 is 1.35. The number of rotatable bonds is 5. The van der Waals surface area contributed by atoms with Crippen LogP contribution in [0.4, 0.5) is 0 Å². The molecule has 1 rings (SSSR count). The van der Waals surface area contributed by atoms with Crippen LogP contribution in [0.15, 0.2) is 34.2 Å². The number of allylic oxidation sites excluding steroid dienone is 5. The number of unbranched alkanes of at least 4 members (excludes halogenated alkanes) is 2. The molecule has 0 amide bonds. The Labute approximate surface area is 90.2 Å². The monoisotopic (exact) mass is 169 g/mol. The van der Waals surface area contributed by atoms with Crippen LogP contribution in [0.1, 0.15) is 26.2 Å². The molecule has 0 bridgehead atoms. The molecule has 1 aliphatic rings. The van der Waals surface area contributed by atoms with E-state index in [-0.39, 0.29) is 0 Å². The van der Waals surface area contributed by atoms with Crippen molar-refractivity contribution < 1.29 is 0 Å². The Balaban J connectivity index is 2.17. The Morgan fingerprint density at radius 3 is 2.92 bits per heavy atom. The number of nitrogens with one attached hydrogen (secondary N) is 1. The average Bonchev–Trinajstić information content (AvgIpc) is 2.52. The van der Waals surface area contributed by atoms with E-state index in [1.165, 1.54) is 29.1 Å². The second-order valence-corrected chi connectivity index (χ2v) is 3.47. The van der Waals surface area contributed by atoms with Crippen LogP contribution in [0.5, 0.6) is 0 Å². The summed E-state index contributed by atoms with van der Waals surface area (Å²) in [4.78, 5) is 0. The Morgan fingerprint density at radius 1 is 1.46 bits per heavy atom. The van der Waals surface area contributed by atoms with Crippen LogP contribution in [0.3, 0.4) is 0 Å². The summed E-state index contributed by atoms with van der Waals surface area (Å²) in [6.45, 7) is 3.32. The molecule has 0 fully saturated rings. The maximum absolute atomic E-state index is 3.34. The maximum atomic E-state index is 3.34. The van der Waals surface area contributed by atoms with Crippen LogP contribution < -0.4 is 5.32 Å². The van der Waals surface area contributed by atoms with E-state index in [1.807, 2.05) is 0 Å². The third-order valence-electron chi connectivity index (χ3n) is 2.26. The van der Waals surface area contributed by atoms with Crippen LogP contribution in [0.2, 0.25) is 0 Å². The SMILES string of the molecule is [Li][C]1=CC=CC1=CNCCCCC. The van der Waals surface area contributed by atoms with E-state index in [1.54, 1.807) is 0 Å². The standard InChI is InChI=1S/C11H16N.Li/c1-2-3-6-9-12-10-11-7-4-5-8-11;/h4-5,7,10,12H,2-3,6,9H2,1H3;. The molecule has 0 aromatic carbocycles. The van der Waals surface area contributed by atoms with Crippen molar-refractivity contribution in [2.45, 2.75) is 26.2 Å². The minimum absolute atomic E-state index is 1.10. The summed E-state index contributed by atoms with van der Waals surface area (Å²) in [6.07, 6.45) is 12.4. The molecule has 1 nitrogen and oxygen atoms in total. The summed E-state index contributed by atoms with van der Waals surface area (Å²) in [5.41, 5.74) is 1.32. The summed E-state index contributed by atoms with van der Waals surface area (Å²) in [6, 6.07) is 0. The second-order valence-electron chi connectivity index (χ2n) is 3.47. The van der Waals surface area contributed by atoms with Gasteiger partial charge in [0, 0.05) is 0 Å². The molecule has 0 aromatic rings. The van der Waals surface area contributed by atoms with E-state index in [4.69, 9.17) is 0 Å². The Morgan fingerprint density at radius 2 is 2.31 bits per heavy atom. The molecule has 0 aromatic heterocycles. The first-order chi connectivity index (χ1) is 6.34. The molecular formula is C11H16LiN. The van der Waals surface area contributed by atoms with Gasteiger partial charge in [-0.05, 0) is 0 Å². The Bertz CT molecular complexity index is 238. The van der Waals surface area contributed by atoms with Gasteiger partial charge >= 0.3 is 90.0 Å². The zero-order chi connectivity index (χ0) is 9.52. The zero-order valence-corrected chi connectivity index (χ0v) is 8.64. The molecule has 1 N–H and O–H groups in total. The van der Waals surface area contributed by atoms with Crippen molar-refractivity contribution in [2.75, 3.05) is 6.54 Å². The molecule has 2 heteroatoms. The predicted molar refractivity (Wildman–Crippen MR) is 58.6 cm³/mol. The Hall–Kier alpha value is -0.383. The molecule has 0 atom stereocenters. The van der Waals surface area contributed by atoms with Gasteiger partial charge in [0.15, 0.2) is 0 Å². The summed E-state index contributed by atoms with van der Waals surface area (Å²) >= 11 is 2.14. The summed E-state index contributed by atoms with van der Waals surface area (Å²) in [5, 5.41) is 3.34. The van der Waals surface area contributed by atoms with Crippen LogP contribution in [0, 0.1) is 0 Å². The van der Waals surface area contributed by atoms with E-state index >= 15 is 0 Å². The first-order valence-electron chi connectivity index (χ1n) is 5.13. The van der Waals surface area contributed by atoms with Crippen LogP contribution in [-0.2, 0) is 0 Å². The molecule has 0 radical (unpaired) electrons. The van der Waals surface area contributed by atoms with Gasteiger partial charge in [-0.15, -0.1) is 0 Å². The predicted octanol–water partition coefficient (Wildman–Crippen LogP) is 2.27. The van der Waals surface area contributed by atoms with Crippen molar-refractivity contribution in [3.8, 4) is 0 Å². The van der Waals surface area contributed by atoms with Crippen molar-refractivity contribution in [2.24, 2.45) is 0 Å². The van der Waals surface area contributed by atoms with E-state index in [0.717, 1.165) is 6.54 Å². The van der Waals surface area contributed by atoms with Crippen LogP contribution in [0.25, 0.3) is 0 Å². The van der Waals surface area contributed by atoms with Gasteiger partial charge in [0.2, 0.25) is 0 Å². The molecule has 0 saturated heterocycles. The Kier molecular flexibility index (Phi) is 5.04. The van der Waals surface area contributed by atoms with Gasteiger partial charge in [-0.25, -0.2) is 0 Å². The van der Waals surface area contributed by atoms with Crippen molar-refractivity contribution >= 4 is 17.7 Å². The fraction of sp³-hybridized carbons (Fsp3) is 0.455. The topological polar surface area (TPSA) is 12.0 Å². The van der Waals surface area contributed by atoms with Crippen LogP contribution >= 0.6 is 0 Å². The third-order valence-corrected chi connectivity index (χ3v) is 2.26. The average molecular weight is 169 g/mol. The third kappa shape index (κ3) is 3.89. The van der Waals surface area contributed by atoms with Gasteiger partial charge in [0.25, 0.3) is 0 Å². The molecule has 0 heterocycles. The molecule has 0 spiro atoms. The van der Waals surface area contributed by atoms with Crippen molar-refractivity contribution in [3.63, 3.8) is 0 Å². The second kappa shape index (κ2) is 6.13. The van der Waals surface area contributed by atoms with E-state index < -0.39 is 0 Å². The molecule has 1 aliphatic carbocycles. The van der Waals surface area contributed by atoms with Gasteiger partial charge in [0.1, 0.15) is 0 Å². The number of hydrogen-bond donors (Lipinski definition) is 1. The summed E-state index contributed by atoms with van der Waals surface area (Å²) in [7, 11) is 0. The molecule has 0 unspecified atom stereocenters. The first kappa shape index (κ1) is 10.7.